The van der Waals surface area contributed by atoms with E-state index >= 15 is 0 Å². The number of hydrazone groups is 1. The lowest BCUT2D eigenvalue weighted by molar-refractivity contribution is 0.903. The third kappa shape index (κ3) is 2.36. The van der Waals surface area contributed by atoms with Gasteiger partial charge in [-0.05, 0) is 30.7 Å². The van der Waals surface area contributed by atoms with Gasteiger partial charge in [0.15, 0.2) is 0 Å². The van der Waals surface area contributed by atoms with Crippen molar-refractivity contribution in [1.29, 1.82) is 10.5 Å². The maximum Gasteiger partial charge on any atom is 0.251 e. The summed E-state index contributed by atoms with van der Waals surface area (Å²) in [4.78, 5) is 11.7. The Kier molecular flexibility index (Phi) is 3.49. The Balaban J connectivity index is 2.51. The summed E-state index contributed by atoms with van der Waals surface area (Å²) >= 11 is 0. The number of nitrogens with one attached hydrogen (secondary N) is 1. The van der Waals surface area contributed by atoms with Crippen molar-refractivity contribution in [2.45, 2.75) is 6.92 Å². The van der Waals surface area contributed by atoms with Crippen LogP contribution < -0.4 is 11.0 Å². The van der Waals surface area contributed by atoms with Crippen LogP contribution in [-0.4, -0.2) is 10.3 Å². The Hall–Kier alpha value is -3.12. The first kappa shape index (κ1) is 13.3. The fraction of sp³-hybridized carbons (Fsp3) is 0.143. The summed E-state index contributed by atoms with van der Waals surface area (Å²) in [5.41, 5.74) is 4.65. The second kappa shape index (κ2) is 5.25. The van der Waals surface area contributed by atoms with Crippen LogP contribution in [0, 0.1) is 29.6 Å². The number of hydrogen-bond donors (Lipinski definition) is 1. The minimum Gasteiger partial charge on any atom is -0.311 e. The lowest BCUT2D eigenvalue weighted by Gasteiger charge is -2.09. The van der Waals surface area contributed by atoms with Crippen molar-refractivity contribution in [2.24, 2.45) is 12.1 Å². The summed E-state index contributed by atoms with van der Waals surface area (Å²) in [6.45, 7) is 1.85. The number of benzene rings is 1. The molecule has 0 spiro atoms. The molecule has 0 aliphatic rings. The molecule has 1 aromatic carbocycles. The predicted octanol–water partition coefficient (Wildman–Crippen LogP) is 1.66. The molecule has 6 heteroatoms. The van der Waals surface area contributed by atoms with Crippen LogP contribution in [0.1, 0.15) is 5.56 Å². The van der Waals surface area contributed by atoms with Gasteiger partial charge >= 0.3 is 0 Å². The van der Waals surface area contributed by atoms with Gasteiger partial charge in [0.1, 0.15) is 12.1 Å². The first-order chi connectivity index (χ1) is 9.56. The summed E-state index contributed by atoms with van der Waals surface area (Å²) in [6, 6.07) is 10.2. The van der Waals surface area contributed by atoms with E-state index in [1.54, 1.807) is 42.0 Å². The molecule has 0 bridgehead atoms. The molecule has 0 aliphatic heterocycles. The molecule has 0 unspecified atom stereocenters. The van der Waals surface area contributed by atoms with E-state index in [0.717, 1.165) is 16.5 Å². The van der Waals surface area contributed by atoms with E-state index in [4.69, 9.17) is 10.5 Å². The normalized spacial score (nSPS) is 9.60. The highest BCUT2D eigenvalue weighted by atomic mass is 16.1. The van der Waals surface area contributed by atoms with Gasteiger partial charge in [-0.2, -0.15) is 15.6 Å². The van der Waals surface area contributed by atoms with Gasteiger partial charge in [-0.15, -0.1) is 0 Å². The van der Waals surface area contributed by atoms with Crippen molar-refractivity contribution in [3.63, 3.8) is 0 Å². The Morgan fingerprint density at radius 1 is 1.30 bits per heavy atom. The molecule has 98 valence electrons. The maximum absolute atomic E-state index is 11.7. The van der Waals surface area contributed by atoms with Gasteiger partial charge in [0, 0.05) is 18.5 Å². The molecule has 0 amide bonds. The molecule has 0 fully saturated rings. The fourth-order valence-corrected chi connectivity index (χ4v) is 1.89. The van der Waals surface area contributed by atoms with Crippen molar-refractivity contribution >= 4 is 22.3 Å². The molecule has 0 radical (unpaired) electrons. The largest absolute Gasteiger partial charge is 0.311 e. The molecular formula is C14H11N5O. The van der Waals surface area contributed by atoms with Gasteiger partial charge in [-0.3, -0.25) is 10.2 Å². The first-order valence-electron chi connectivity index (χ1n) is 5.81. The zero-order valence-corrected chi connectivity index (χ0v) is 11.0. The van der Waals surface area contributed by atoms with Crippen LogP contribution in [0.2, 0.25) is 0 Å². The number of nitrogens with zero attached hydrogens (tertiary/aromatic N) is 4. The molecule has 1 aromatic heterocycles. The minimum absolute atomic E-state index is 0.0648. The number of anilines is 1. The van der Waals surface area contributed by atoms with E-state index in [0.29, 0.717) is 5.69 Å². The highest BCUT2D eigenvalue weighted by Crippen LogP contribution is 2.20. The van der Waals surface area contributed by atoms with Crippen LogP contribution in [0.15, 0.2) is 34.2 Å². The molecule has 20 heavy (non-hydrogen) atoms. The van der Waals surface area contributed by atoms with Crippen molar-refractivity contribution in [3.05, 3.63) is 40.2 Å². The zero-order valence-electron chi connectivity index (χ0n) is 11.0. The van der Waals surface area contributed by atoms with E-state index in [1.165, 1.54) is 0 Å². The van der Waals surface area contributed by atoms with Crippen molar-refractivity contribution in [3.8, 4) is 12.1 Å². The van der Waals surface area contributed by atoms with Gasteiger partial charge < -0.3 is 4.57 Å². The maximum atomic E-state index is 11.7. The van der Waals surface area contributed by atoms with Gasteiger partial charge in [-0.25, -0.2) is 0 Å². The number of hydrogen-bond acceptors (Lipinski definition) is 5. The average Bonchev–Trinajstić information content (AvgIpc) is 2.46. The Labute approximate surface area is 115 Å². The van der Waals surface area contributed by atoms with E-state index in [1.807, 2.05) is 13.0 Å². The van der Waals surface area contributed by atoms with Crippen LogP contribution in [0.5, 0.6) is 0 Å². The summed E-state index contributed by atoms with van der Waals surface area (Å²) < 4.78 is 1.56. The number of pyridine rings is 1. The minimum atomic E-state index is -0.248. The average molecular weight is 265 g/mol. The van der Waals surface area contributed by atoms with Gasteiger partial charge in [0.25, 0.3) is 5.56 Å². The summed E-state index contributed by atoms with van der Waals surface area (Å²) in [7, 11) is 1.71. The van der Waals surface area contributed by atoms with Crippen LogP contribution in [0.3, 0.4) is 0 Å². The summed E-state index contributed by atoms with van der Waals surface area (Å²) in [6.07, 6.45) is 0. The Morgan fingerprint density at radius 3 is 2.65 bits per heavy atom. The number of aromatic nitrogens is 1. The summed E-state index contributed by atoms with van der Waals surface area (Å²) in [5, 5.41) is 21.8. The van der Waals surface area contributed by atoms with Gasteiger partial charge in [0.05, 0.1) is 11.2 Å². The van der Waals surface area contributed by atoms with Crippen LogP contribution >= 0.6 is 0 Å². The molecule has 1 heterocycles. The van der Waals surface area contributed by atoms with Gasteiger partial charge in [0.2, 0.25) is 5.71 Å². The smallest absolute Gasteiger partial charge is 0.251 e. The van der Waals surface area contributed by atoms with E-state index in [2.05, 4.69) is 10.5 Å². The van der Waals surface area contributed by atoms with E-state index in [9.17, 15) is 4.79 Å². The second-order valence-electron chi connectivity index (χ2n) is 4.25. The lowest BCUT2D eigenvalue weighted by Crippen LogP contribution is -2.16. The van der Waals surface area contributed by atoms with Crippen LogP contribution in [-0.2, 0) is 7.05 Å². The van der Waals surface area contributed by atoms with E-state index < -0.39 is 0 Å². The number of aryl methyl sites for hydroxylation is 2. The topological polar surface area (TPSA) is 94.0 Å². The number of fused-ring (bicyclic) bond motifs is 1. The van der Waals surface area contributed by atoms with Crippen molar-refractivity contribution in [2.75, 3.05) is 5.43 Å². The Bertz CT molecular complexity index is 833. The van der Waals surface area contributed by atoms with Gasteiger partial charge in [-0.1, -0.05) is 0 Å². The monoisotopic (exact) mass is 265 g/mol. The SMILES string of the molecule is Cc1cc(=O)n(C)c2ccc(NN=C(C#N)C#N)cc12. The molecule has 2 aromatic rings. The highest BCUT2D eigenvalue weighted by molar-refractivity contribution is 6.10. The highest BCUT2D eigenvalue weighted by Gasteiger charge is 2.04. The molecular weight excluding hydrogens is 254 g/mol. The molecule has 2 rings (SSSR count). The van der Waals surface area contributed by atoms with Crippen LogP contribution in [0.25, 0.3) is 10.9 Å². The fourth-order valence-electron chi connectivity index (χ4n) is 1.89. The molecule has 0 aliphatic carbocycles. The molecule has 0 saturated heterocycles. The summed E-state index contributed by atoms with van der Waals surface area (Å²) in [5.74, 6) is 0. The standard InChI is InChI=1S/C14H11N5O/c1-9-5-14(20)19(2)13-4-3-10(6-12(9)13)17-18-11(7-15)8-16/h3-6,17H,1-2H3. The molecule has 0 atom stereocenters. The third-order valence-electron chi connectivity index (χ3n) is 2.96. The van der Waals surface area contributed by atoms with E-state index in [-0.39, 0.29) is 11.3 Å². The van der Waals surface area contributed by atoms with Crippen molar-refractivity contribution in [1.82, 2.24) is 4.57 Å². The number of rotatable bonds is 2. The predicted molar refractivity (Wildman–Crippen MR) is 76.2 cm³/mol. The van der Waals surface area contributed by atoms with Crippen molar-refractivity contribution < 1.29 is 0 Å². The first-order valence-corrected chi connectivity index (χ1v) is 5.81. The zero-order chi connectivity index (χ0) is 14.7. The molecule has 1 N–H and O–H groups in total. The molecule has 6 nitrogen and oxygen atoms in total. The number of nitriles is 2. The second-order valence-corrected chi connectivity index (χ2v) is 4.25. The molecule has 0 saturated carbocycles. The quantitative estimate of drug-likeness (QED) is 0.660. The third-order valence-corrected chi connectivity index (χ3v) is 2.96. The lowest BCUT2D eigenvalue weighted by atomic mass is 10.1. The Morgan fingerprint density at radius 2 is 2.00 bits per heavy atom. The van der Waals surface area contributed by atoms with Crippen LogP contribution in [0.4, 0.5) is 5.69 Å².